The first kappa shape index (κ1) is 31.3. The van der Waals surface area contributed by atoms with Gasteiger partial charge < -0.3 is 0 Å². The summed E-state index contributed by atoms with van der Waals surface area (Å²) in [4.78, 5) is 3.61. The lowest BCUT2D eigenvalue weighted by Gasteiger charge is -2.08. The van der Waals surface area contributed by atoms with Crippen molar-refractivity contribution < 1.29 is 0 Å². The Morgan fingerprint density at radius 2 is 0.658 bits per heavy atom. The minimum Gasteiger partial charge on any atom is -0.142 e. The summed E-state index contributed by atoms with van der Waals surface area (Å²) >= 11 is 25.3. The smallest absolute Gasteiger partial charge is 0.0253 e. The third kappa shape index (κ3) is 9.42. The van der Waals surface area contributed by atoms with Crippen LogP contribution in [0, 0.1) is 0 Å². The third-order valence-electron chi connectivity index (χ3n) is 5.76. The Bertz CT molecular complexity index is 1230. The van der Waals surface area contributed by atoms with Crippen LogP contribution in [0.2, 0.25) is 0 Å². The van der Waals surface area contributed by atoms with Gasteiger partial charge in [-0.3, -0.25) is 0 Å². The molecule has 4 rings (SSSR count). The predicted molar refractivity (Wildman–Crippen MR) is 190 cm³/mol. The van der Waals surface area contributed by atoms with Crippen LogP contribution in [0.1, 0.15) is 33.4 Å². The van der Waals surface area contributed by atoms with Crippen molar-refractivity contribution >= 4 is 102 Å². The van der Waals surface area contributed by atoms with E-state index in [0.29, 0.717) is 0 Å². The van der Waals surface area contributed by atoms with Crippen LogP contribution in [0.3, 0.4) is 0 Å². The van der Waals surface area contributed by atoms with Gasteiger partial charge in [-0.15, -0.1) is 50.5 Å². The average molecular weight is 703 g/mol. The monoisotopic (exact) mass is 700 g/mol. The van der Waals surface area contributed by atoms with Crippen LogP contribution < -0.4 is 0 Å². The largest absolute Gasteiger partial charge is 0.142 e. The molecular formula is C32H30Br2S4. The lowest BCUT2D eigenvalue weighted by Crippen LogP contribution is -1.87. The maximum atomic E-state index is 4.61. The van der Waals surface area contributed by atoms with E-state index >= 15 is 0 Å². The number of rotatable bonds is 8. The van der Waals surface area contributed by atoms with Crippen molar-refractivity contribution in [2.75, 3.05) is 10.7 Å². The van der Waals surface area contributed by atoms with E-state index < -0.39 is 0 Å². The van der Waals surface area contributed by atoms with Gasteiger partial charge in [0.1, 0.15) is 0 Å². The Balaban J connectivity index is 0.000000211. The molecule has 0 atom stereocenters. The van der Waals surface area contributed by atoms with Gasteiger partial charge in [0.15, 0.2) is 0 Å². The van der Waals surface area contributed by atoms with Crippen LogP contribution in [0.5, 0.6) is 0 Å². The Morgan fingerprint density at radius 3 is 0.921 bits per heavy atom. The molecular weight excluding hydrogens is 672 g/mol. The molecule has 4 aromatic rings. The highest BCUT2D eigenvalue weighted by atomic mass is 79.9. The zero-order chi connectivity index (χ0) is 27.3. The summed E-state index contributed by atoms with van der Waals surface area (Å²) in [6.07, 6.45) is 2.08. The van der Waals surface area contributed by atoms with Crippen molar-refractivity contribution in [3.8, 4) is 0 Å². The maximum Gasteiger partial charge on any atom is 0.0253 e. The molecule has 4 aromatic carbocycles. The highest BCUT2D eigenvalue weighted by Crippen LogP contribution is 2.33. The minimum atomic E-state index is 0.900. The Kier molecular flexibility index (Phi) is 13.8. The van der Waals surface area contributed by atoms with E-state index in [-0.39, 0.29) is 0 Å². The summed E-state index contributed by atoms with van der Waals surface area (Å²) in [6.45, 7) is 0. The van der Waals surface area contributed by atoms with Crippen LogP contribution >= 0.6 is 82.4 Å². The fourth-order valence-electron chi connectivity index (χ4n) is 3.62. The fourth-order valence-corrected chi connectivity index (χ4v) is 5.64. The second-order valence-electron chi connectivity index (χ2n) is 8.40. The third-order valence-corrected chi connectivity index (χ3v) is 8.84. The summed E-state index contributed by atoms with van der Waals surface area (Å²) in [5.41, 5.74) is 7.00. The Labute approximate surface area is 266 Å². The van der Waals surface area contributed by atoms with Crippen LogP contribution in [0.15, 0.2) is 109 Å². The standard InChI is InChI=1S/2C16H15BrS2/c2*17-11-10-12-6-8-14(9-7-12)16(19)15(18)13-4-2-1-3-5-13/h2*1-9,18-19H,10-11H2/b2*16-15-. The molecule has 0 aliphatic rings. The molecule has 0 amide bonds. The molecule has 0 unspecified atom stereocenters. The van der Waals surface area contributed by atoms with Gasteiger partial charge >= 0.3 is 0 Å². The fraction of sp³-hybridized carbons (Fsp3) is 0.125. The normalized spacial score (nSPS) is 12.2. The van der Waals surface area contributed by atoms with E-state index in [2.05, 4.69) is 131 Å². The van der Waals surface area contributed by atoms with E-state index in [4.69, 9.17) is 0 Å². The molecule has 0 saturated heterocycles. The van der Waals surface area contributed by atoms with Crippen LogP contribution in [0.4, 0.5) is 0 Å². The first-order valence-electron chi connectivity index (χ1n) is 12.1. The number of hydrogen-bond acceptors (Lipinski definition) is 4. The molecule has 0 aliphatic heterocycles. The van der Waals surface area contributed by atoms with Gasteiger partial charge in [-0.05, 0) is 46.2 Å². The van der Waals surface area contributed by atoms with Gasteiger partial charge in [0.25, 0.3) is 0 Å². The first-order valence-corrected chi connectivity index (χ1v) is 16.1. The van der Waals surface area contributed by atoms with Crippen molar-refractivity contribution in [2.45, 2.75) is 12.8 Å². The van der Waals surface area contributed by atoms with Crippen LogP contribution in [-0.2, 0) is 12.8 Å². The van der Waals surface area contributed by atoms with Crippen molar-refractivity contribution in [2.24, 2.45) is 0 Å². The lowest BCUT2D eigenvalue weighted by atomic mass is 10.1. The molecule has 0 aromatic heterocycles. The topological polar surface area (TPSA) is 0 Å². The number of aryl methyl sites for hydroxylation is 2. The van der Waals surface area contributed by atoms with Gasteiger partial charge in [0.2, 0.25) is 0 Å². The summed E-state index contributed by atoms with van der Waals surface area (Å²) in [5, 5.41) is 1.97. The molecule has 38 heavy (non-hydrogen) atoms. The molecule has 0 radical (unpaired) electrons. The van der Waals surface area contributed by atoms with E-state index in [1.807, 2.05) is 60.7 Å². The molecule has 0 saturated carbocycles. The van der Waals surface area contributed by atoms with Crippen LogP contribution in [-0.4, -0.2) is 10.7 Å². The first-order chi connectivity index (χ1) is 18.4. The Morgan fingerprint density at radius 1 is 0.395 bits per heavy atom. The second-order valence-corrected chi connectivity index (χ2v) is 11.8. The number of thiol groups is 4. The molecule has 0 aliphatic carbocycles. The molecule has 196 valence electrons. The maximum absolute atomic E-state index is 4.61. The van der Waals surface area contributed by atoms with E-state index in [1.165, 1.54) is 11.1 Å². The number of benzene rings is 4. The second kappa shape index (κ2) is 16.7. The molecule has 6 heteroatoms. The van der Waals surface area contributed by atoms with Gasteiger partial charge in [0.05, 0.1) is 0 Å². The molecule has 0 bridgehead atoms. The van der Waals surface area contributed by atoms with Crippen molar-refractivity contribution in [1.82, 2.24) is 0 Å². The van der Waals surface area contributed by atoms with E-state index in [0.717, 1.165) is 65.4 Å². The van der Waals surface area contributed by atoms with Crippen molar-refractivity contribution in [1.29, 1.82) is 0 Å². The highest BCUT2D eigenvalue weighted by molar-refractivity contribution is 9.09. The summed E-state index contributed by atoms with van der Waals surface area (Å²) in [5.74, 6) is 0. The SMILES string of the molecule is S/C(=C(\S)c1ccc(CCBr)cc1)c1ccccc1.S/C(=C(\S)c1ccc(CCBr)cc1)c1ccccc1. The molecule has 0 fully saturated rings. The zero-order valence-electron chi connectivity index (χ0n) is 20.8. The quantitative estimate of drug-likeness (QED) is 0.0784. The van der Waals surface area contributed by atoms with Crippen molar-refractivity contribution in [3.63, 3.8) is 0 Å². The number of hydrogen-bond donors (Lipinski definition) is 4. The summed E-state index contributed by atoms with van der Waals surface area (Å²) < 4.78 is 0. The summed E-state index contributed by atoms with van der Waals surface area (Å²) in [7, 11) is 0. The van der Waals surface area contributed by atoms with Gasteiger partial charge in [-0.25, -0.2) is 0 Å². The minimum absolute atomic E-state index is 0.900. The lowest BCUT2D eigenvalue weighted by molar-refractivity contribution is 1.17. The highest BCUT2D eigenvalue weighted by Gasteiger charge is 2.06. The average Bonchev–Trinajstić information content (AvgIpc) is 2.98. The molecule has 0 nitrogen and oxygen atoms in total. The Hall–Kier alpha value is -1.28. The number of halogens is 2. The summed E-state index contributed by atoms with van der Waals surface area (Å²) in [6, 6.07) is 37.1. The molecule has 0 heterocycles. The van der Waals surface area contributed by atoms with Crippen molar-refractivity contribution in [3.05, 3.63) is 143 Å². The zero-order valence-corrected chi connectivity index (χ0v) is 27.5. The van der Waals surface area contributed by atoms with Crippen LogP contribution in [0.25, 0.3) is 19.6 Å². The molecule has 0 N–H and O–H groups in total. The predicted octanol–water partition coefficient (Wildman–Crippen LogP) is 10.6. The molecule has 0 spiro atoms. The van der Waals surface area contributed by atoms with Gasteiger partial charge in [-0.1, -0.05) is 141 Å². The number of alkyl halides is 2. The van der Waals surface area contributed by atoms with E-state index in [1.54, 1.807) is 0 Å². The van der Waals surface area contributed by atoms with Gasteiger partial charge in [0, 0.05) is 30.3 Å². The van der Waals surface area contributed by atoms with Gasteiger partial charge in [-0.2, -0.15) is 0 Å². The van der Waals surface area contributed by atoms with E-state index in [9.17, 15) is 0 Å².